The number of rotatable bonds is 7. The normalized spacial score (nSPS) is 27.0. The first-order valence-corrected chi connectivity index (χ1v) is 14.5. The molecule has 3 aliphatic rings. The largest absolute Gasteiger partial charge is 0.476 e. The van der Waals surface area contributed by atoms with Crippen LogP contribution in [0.25, 0.3) is 5.65 Å². The van der Waals surface area contributed by atoms with Crippen molar-refractivity contribution in [2.24, 2.45) is 29.4 Å². The summed E-state index contributed by atoms with van der Waals surface area (Å²) in [5.74, 6) is -1.05. The molecule has 0 spiro atoms. The van der Waals surface area contributed by atoms with Gasteiger partial charge in [-0.2, -0.15) is 0 Å². The van der Waals surface area contributed by atoms with E-state index in [2.05, 4.69) is 10.3 Å². The number of likely N-dealkylation sites (tertiary alicyclic amines) is 1. The van der Waals surface area contributed by atoms with Crippen molar-refractivity contribution in [2.45, 2.75) is 76.3 Å². The second kappa shape index (κ2) is 11.8. The Morgan fingerprint density at radius 3 is 2.49 bits per heavy atom. The van der Waals surface area contributed by atoms with Gasteiger partial charge in [0.1, 0.15) is 23.5 Å². The molecule has 0 bridgehead atoms. The monoisotopic (exact) mass is 561 g/mol. The molecule has 2 saturated carbocycles. The van der Waals surface area contributed by atoms with Crippen molar-refractivity contribution in [1.82, 2.24) is 14.3 Å². The predicted octanol–water partition coefficient (Wildman–Crippen LogP) is 4.53. The van der Waals surface area contributed by atoms with Crippen LogP contribution in [0, 0.1) is 23.7 Å². The molecular formula is C28H37ClFN5O4. The number of aromatic carboxylic acids is 1. The van der Waals surface area contributed by atoms with Crippen molar-refractivity contribution in [3.63, 3.8) is 0 Å². The molecule has 3 atom stereocenters. The van der Waals surface area contributed by atoms with Crippen LogP contribution in [-0.2, 0) is 9.59 Å². The van der Waals surface area contributed by atoms with Gasteiger partial charge < -0.3 is 21.1 Å². The number of amides is 2. The molecule has 2 aromatic rings. The van der Waals surface area contributed by atoms with E-state index < -0.39 is 24.7 Å². The van der Waals surface area contributed by atoms with Crippen molar-refractivity contribution >= 4 is 40.7 Å². The van der Waals surface area contributed by atoms with Crippen LogP contribution < -0.4 is 11.1 Å². The molecule has 5 rings (SSSR count). The molecule has 3 fully saturated rings. The van der Waals surface area contributed by atoms with E-state index in [1.54, 1.807) is 23.2 Å². The van der Waals surface area contributed by atoms with Crippen molar-refractivity contribution in [2.75, 3.05) is 18.5 Å². The highest BCUT2D eigenvalue weighted by Gasteiger charge is 2.47. The molecule has 2 aliphatic carbocycles. The summed E-state index contributed by atoms with van der Waals surface area (Å²) in [4.78, 5) is 44.9. The summed E-state index contributed by atoms with van der Waals surface area (Å²) in [7, 11) is 0. The Hall–Kier alpha value is -2.72. The number of carboxylic acid groups (broad SMARTS) is 1. The highest BCUT2D eigenvalue weighted by atomic mass is 35.5. The molecule has 4 N–H and O–H groups in total. The molecule has 1 unspecified atom stereocenters. The van der Waals surface area contributed by atoms with Gasteiger partial charge in [-0.15, -0.1) is 0 Å². The first kappa shape index (κ1) is 27.8. The van der Waals surface area contributed by atoms with Crippen LogP contribution in [0.2, 0.25) is 5.15 Å². The maximum Gasteiger partial charge on any atom is 0.357 e. The first-order valence-electron chi connectivity index (χ1n) is 14.1. The van der Waals surface area contributed by atoms with Crippen LogP contribution >= 0.6 is 11.6 Å². The van der Waals surface area contributed by atoms with Gasteiger partial charge in [-0.1, -0.05) is 43.7 Å². The number of carbonyl (C=O) groups is 3. The standard InChI is InChI=1S/C28H37ClFN5O4/c29-25-23(28(38)39)33-22-11-10-19(15-35(22)25)32-26(36)24-20(16-4-2-1-3-5-16)12-13-34(24)27(37)18-8-6-17(7-9-18)21(31)14-30/h10-11,15-18,20-21,24H,1-9,12-14,31H2,(H,32,36)(H,38,39)/t17?,18?,20-,21?,24-/m0/s1. The van der Waals surface area contributed by atoms with E-state index in [1.165, 1.54) is 10.8 Å². The molecule has 1 saturated heterocycles. The average Bonchev–Trinajstić information content (AvgIpc) is 3.54. The number of nitrogens with zero attached hydrogens (tertiary/aromatic N) is 3. The Balaban J connectivity index is 1.36. The lowest BCUT2D eigenvalue weighted by atomic mass is 9.76. The topological polar surface area (TPSA) is 130 Å². The number of nitrogens with two attached hydrogens (primary N) is 1. The van der Waals surface area contributed by atoms with Crippen LogP contribution in [-0.4, -0.2) is 62.5 Å². The number of anilines is 1. The molecule has 11 heteroatoms. The maximum absolute atomic E-state index is 13.9. The quantitative estimate of drug-likeness (QED) is 0.455. The summed E-state index contributed by atoms with van der Waals surface area (Å²) in [6, 6.07) is 2.21. The number of hydrogen-bond acceptors (Lipinski definition) is 5. The third-order valence-corrected chi connectivity index (χ3v) is 9.55. The Morgan fingerprint density at radius 2 is 1.82 bits per heavy atom. The van der Waals surface area contributed by atoms with E-state index in [-0.39, 0.29) is 40.4 Å². The van der Waals surface area contributed by atoms with E-state index >= 15 is 0 Å². The Labute approximate surface area is 232 Å². The molecule has 3 heterocycles. The summed E-state index contributed by atoms with van der Waals surface area (Å²) in [5.41, 5.74) is 6.47. The van der Waals surface area contributed by atoms with Crippen molar-refractivity contribution < 1.29 is 23.9 Å². The van der Waals surface area contributed by atoms with E-state index in [0.717, 1.165) is 44.9 Å². The minimum absolute atomic E-state index is 0.0138. The highest BCUT2D eigenvalue weighted by molar-refractivity contribution is 6.32. The number of fused-ring (bicyclic) bond motifs is 1. The molecule has 1 aliphatic heterocycles. The minimum Gasteiger partial charge on any atom is -0.476 e. The lowest BCUT2D eigenvalue weighted by Gasteiger charge is -2.36. The van der Waals surface area contributed by atoms with E-state index in [4.69, 9.17) is 17.3 Å². The summed E-state index contributed by atoms with van der Waals surface area (Å²) >= 11 is 6.23. The zero-order valence-electron chi connectivity index (χ0n) is 22.0. The van der Waals surface area contributed by atoms with Crippen LogP contribution in [0.5, 0.6) is 0 Å². The van der Waals surface area contributed by atoms with Gasteiger partial charge in [-0.3, -0.25) is 14.0 Å². The zero-order chi connectivity index (χ0) is 27.7. The van der Waals surface area contributed by atoms with Gasteiger partial charge in [-0.05, 0) is 62.0 Å². The second-order valence-electron chi connectivity index (χ2n) is 11.4. The molecule has 212 valence electrons. The number of hydrogen-bond donors (Lipinski definition) is 3. The lowest BCUT2D eigenvalue weighted by Crippen LogP contribution is -2.50. The van der Waals surface area contributed by atoms with Gasteiger partial charge in [0.2, 0.25) is 11.8 Å². The summed E-state index contributed by atoms with van der Waals surface area (Å²) in [6.45, 7) is 0.00474. The Morgan fingerprint density at radius 1 is 1.10 bits per heavy atom. The Kier molecular flexibility index (Phi) is 8.42. The number of pyridine rings is 1. The molecule has 0 aromatic carbocycles. The van der Waals surface area contributed by atoms with Gasteiger partial charge in [0, 0.05) is 24.7 Å². The second-order valence-corrected chi connectivity index (χ2v) is 11.8. The minimum atomic E-state index is -1.23. The molecule has 2 amide bonds. The van der Waals surface area contributed by atoms with Crippen LogP contribution in [0.3, 0.4) is 0 Å². The van der Waals surface area contributed by atoms with Gasteiger partial charge in [0.25, 0.3) is 0 Å². The van der Waals surface area contributed by atoms with Crippen molar-refractivity contribution in [1.29, 1.82) is 0 Å². The number of carboxylic acids is 1. The molecule has 2 aromatic heterocycles. The average molecular weight is 562 g/mol. The zero-order valence-corrected chi connectivity index (χ0v) is 22.8. The molecule has 9 nitrogen and oxygen atoms in total. The summed E-state index contributed by atoms with van der Waals surface area (Å²) in [5, 5.41) is 12.3. The van der Waals surface area contributed by atoms with Crippen LogP contribution in [0.15, 0.2) is 18.3 Å². The third-order valence-electron chi connectivity index (χ3n) is 9.19. The molecule has 0 radical (unpaired) electrons. The number of nitrogens with one attached hydrogen (secondary N) is 1. The van der Waals surface area contributed by atoms with Gasteiger partial charge in [0.15, 0.2) is 5.69 Å². The van der Waals surface area contributed by atoms with E-state index in [0.29, 0.717) is 36.6 Å². The van der Waals surface area contributed by atoms with Crippen LogP contribution in [0.4, 0.5) is 10.1 Å². The van der Waals surface area contributed by atoms with Gasteiger partial charge in [0.05, 0.1) is 5.69 Å². The van der Waals surface area contributed by atoms with Crippen molar-refractivity contribution in [3.05, 3.63) is 29.2 Å². The number of imidazole rings is 1. The lowest BCUT2D eigenvalue weighted by molar-refractivity contribution is -0.142. The molecule has 39 heavy (non-hydrogen) atoms. The van der Waals surface area contributed by atoms with E-state index in [9.17, 15) is 23.9 Å². The highest BCUT2D eigenvalue weighted by Crippen LogP contribution is 2.41. The summed E-state index contributed by atoms with van der Waals surface area (Å²) in [6.07, 6.45) is 10.8. The number of aromatic nitrogens is 2. The van der Waals surface area contributed by atoms with Gasteiger partial charge >= 0.3 is 5.97 Å². The van der Waals surface area contributed by atoms with Crippen LogP contribution in [0.1, 0.15) is 74.7 Å². The SMILES string of the molecule is NC(CF)C1CCC(C(=O)N2CC[C@@H](C3CCCCC3)[C@H]2C(=O)Nc2ccc3nc(C(=O)O)c(Cl)n3c2)CC1. The van der Waals surface area contributed by atoms with Gasteiger partial charge in [-0.25, -0.2) is 14.2 Å². The fourth-order valence-corrected chi connectivity index (χ4v) is 7.31. The fourth-order valence-electron chi connectivity index (χ4n) is 7.05. The van der Waals surface area contributed by atoms with Crippen molar-refractivity contribution in [3.8, 4) is 0 Å². The smallest absolute Gasteiger partial charge is 0.357 e. The predicted molar refractivity (Wildman–Crippen MR) is 145 cm³/mol. The number of carbonyl (C=O) groups excluding carboxylic acids is 2. The molecular weight excluding hydrogens is 525 g/mol. The van der Waals surface area contributed by atoms with E-state index in [1.807, 2.05) is 0 Å². The fraction of sp³-hybridized carbons (Fsp3) is 0.643. The number of alkyl halides is 1. The third kappa shape index (κ3) is 5.63. The first-order chi connectivity index (χ1) is 18.8. The Bertz CT molecular complexity index is 1220. The number of halogens is 2. The summed E-state index contributed by atoms with van der Waals surface area (Å²) < 4.78 is 14.5. The maximum atomic E-state index is 13.9.